The highest BCUT2D eigenvalue weighted by molar-refractivity contribution is 5.78. The number of hydrogen-bond acceptors (Lipinski definition) is 6. The molecule has 1 aliphatic rings. The van der Waals surface area contributed by atoms with Crippen molar-refractivity contribution in [3.8, 4) is 11.1 Å². The molecule has 0 aliphatic carbocycles. The number of fused-ring (bicyclic) bond motifs is 1. The van der Waals surface area contributed by atoms with E-state index < -0.39 is 0 Å². The minimum Gasteiger partial charge on any atom is -0.383 e. The SMILES string of the molecule is COCCNc1ccnc2c(-c3ccc(N4CCOCC4)cc3)cnn12. The second kappa shape index (κ2) is 7.72. The lowest BCUT2D eigenvalue weighted by Crippen LogP contribution is -2.36. The van der Waals surface area contributed by atoms with Gasteiger partial charge in [-0.3, -0.25) is 0 Å². The highest BCUT2D eigenvalue weighted by Crippen LogP contribution is 2.27. The van der Waals surface area contributed by atoms with Crippen LogP contribution in [0.4, 0.5) is 11.5 Å². The van der Waals surface area contributed by atoms with Gasteiger partial charge >= 0.3 is 0 Å². The van der Waals surface area contributed by atoms with Crippen LogP contribution in [0.3, 0.4) is 0 Å². The van der Waals surface area contributed by atoms with Crippen LogP contribution in [0.2, 0.25) is 0 Å². The zero-order valence-corrected chi connectivity index (χ0v) is 14.9. The van der Waals surface area contributed by atoms with Crippen molar-refractivity contribution in [3.05, 3.63) is 42.7 Å². The molecule has 1 aliphatic heterocycles. The van der Waals surface area contributed by atoms with E-state index in [9.17, 15) is 0 Å². The third-order valence-electron chi connectivity index (χ3n) is 4.57. The Morgan fingerprint density at radius 3 is 2.73 bits per heavy atom. The lowest BCUT2D eigenvalue weighted by molar-refractivity contribution is 0.122. The lowest BCUT2D eigenvalue weighted by atomic mass is 10.1. The fourth-order valence-electron chi connectivity index (χ4n) is 3.18. The second-order valence-electron chi connectivity index (χ2n) is 6.19. The number of methoxy groups -OCH3 is 1. The average Bonchev–Trinajstić information content (AvgIpc) is 3.14. The van der Waals surface area contributed by atoms with E-state index in [0.717, 1.165) is 55.4 Å². The highest BCUT2D eigenvalue weighted by Gasteiger charge is 2.13. The molecule has 3 aromatic rings. The molecule has 0 atom stereocenters. The van der Waals surface area contributed by atoms with Gasteiger partial charge in [0.2, 0.25) is 0 Å². The normalized spacial score (nSPS) is 14.7. The van der Waals surface area contributed by atoms with Crippen LogP contribution in [0.25, 0.3) is 16.8 Å². The van der Waals surface area contributed by atoms with E-state index in [1.54, 1.807) is 13.3 Å². The molecular formula is C19H23N5O2. The summed E-state index contributed by atoms with van der Waals surface area (Å²) in [4.78, 5) is 6.87. The Kier molecular flexibility index (Phi) is 4.99. The van der Waals surface area contributed by atoms with Gasteiger partial charge in [0.25, 0.3) is 0 Å². The molecule has 4 rings (SSSR count). The molecule has 1 aromatic carbocycles. The average molecular weight is 353 g/mol. The molecule has 0 spiro atoms. The Hall–Kier alpha value is -2.64. The molecule has 1 N–H and O–H groups in total. The van der Waals surface area contributed by atoms with Crippen LogP contribution in [0.5, 0.6) is 0 Å². The van der Waals surface area contributed by atoms with E-state index in [4.69, 9.17) is 9.47 Å². The van der Waals surface area contributed by atoms with Gasteiger partial charge in [-0.1, -0.05) is 12.1 Å². The molecule has 3 heterocycles. The third-order valence-corrected chi connectivity index (χ3v) is 4.57. The third kappa shape index (κ3) is 3.36. The van der Waals surface area contributed by atoms with Crippen molar-refractivity contribution in [2.45, 2.75) is 0 Å². The van der Waals surface area contributed by atoms with Crippen LogP contribution in [0.15, 0.2) is 42.7 Å². The topological polar surface area (TPSA) is 63.9 Å². The zero-order valence-electron chi connectivity index (χ0n) is 14.9. The van der Waals surface area contributed by atoms with Crippen LogP contribution in [0.1, 0.15) is 0 Å². The second-order valence-corrected chi connectivity index (χ2v) is 6.19. The van der Waals surface area contributed by atoms with Crippen molar-refractivity contribution in [1.82, 2.24) is 14.6 Å². The Labute approximate surface area is 152 Å². The summed E-state index contributed by atoms with van der Waals surface area (Å²) in [5, 5.41) is 7.83. The van der Waals surface area contributed by atoms with E-state index in [1.807, 2.05) is 16.8 Å². The van der Waals surface area contributed by atoms with Gasteiger partial charge in [0.1, 0.15) is 5.82 Å². The molecule has 7 nitrogen and oxygen atoms in total. The van der Waals surface area contributed by atoms with Crippen LogP contribution >= 0.6 is 0 Å². The summed E-state index contributed by atoms with van der Waals surface area (Å²) in [7, 11) is 1.69. The van der Waals surface area contributed by atoms with Gasteiger partial charge in [0, 0.05) is 44.2 Å². The zero-order chi connectivity index (χ0) is 17.8. The lowest BCUT2D eigenvalue weighted by Gasteiger charge is -2.28. The van der Waals surface area contributed by atoms with Crippen molar-refractivity contribution >= 4 is 17.2 Å². The largest absolute Gasteiger partial charge is 0.383 e. The van der Waals surface area contributed by atoms with E-state index in [-0.39, 0.29) is 0 Å². The summed E-state index contributed by atoms with van der Waals surface area (Å²) < 4.78 is 12.3. The van der Waals surface area contributed by atoms with Crippen LogP contribution in [-0.4, -0.2) is 61.2 Å². The van der Waals surface area contributed by atoms with Gasteiger partial charge in [-0.25, -0.2) is 4.98 Å². The van der Waals surface area contributed by atoms with Crippen LogP contribution in [-0.2, 0) is 9.47 Å². The summed E-state index contributed by atoms with van der Waals surface area (Å²) in [6.07, 6.45) is 3.67. The fraction of sp³-hybridized carbons (Fsp3) is 0.368. The van der Waals surface area contributed by atoms with Crippen molar-refractivity contribution < 1.29 is 9.47 Å². The first-order valence-corrected chi connectivity index (χ1v) is 8.85. The predicted molar refractivity (Wildman–Crippen MR) is 102 cm³/mol. The van der Waals surface area contributed by atoms with Crippen molar-refractivity contribution in [2.24, 2.45) is 0 Å². The van der Waals surface area contributed by atoms with Crippen LogP contribution < -0.4 is 10.2 Å². The molecule has 0 amide bonds. The van der Waals surface area contributed by atoms with E-state index >= 15 is 0 Å². The van der Waals surface area contributed by atoms with Crippen LogP contribution in [0, 0.1) is 0 Å². The number of hydrogen-bond donors (Lipinski definition) is 1. The monoisotopic (exact) mass is 353 g/mol. The summed E-state index contributed by atoms with van der Waals surface area (Å²) in [5.41, 5.74) is 4.20. The molecule has 0 radical (unpaired) electrons. The maximum absolute atomic E-state index is 5.42. The summed E-state index contributed by atoms with van der Waals surface area (Å²) >= 11 is 0. The van der Waals surface area contributed by atoms with Crippen molar-refractivity contribution in [3.63, 3.8) is 0 Å². The minimum atomic E-state index is 0.640. The highest BCUT2D eigenvalue weighted by atomic mass is 16.5. The molecule has 0 saturated carbocycles. The first kappa shape index (κ1) is 16.8. The minimum absolute atomic E-state index is 0.640. The van der Waals surface area contributed by atoms with Gasteiger partial charge in [-0.05, 0) is 23.8 Å². The molecule has 1 saturated heterocycles. The Morgan fingerprint density at radius 1 is 1.15 bits per heavy atom. The Balaban J connectivity index is 1.59. The molecule has 2 aromatic heterocycles. The van der Waals surface area contributed by atoms with Crippen molar-refractivity contribution in [2.75, 3.05) is 56.8 Å². The number of anilines is 2. The smallest absolute Gasteiger partial charge is 0.165 e. The first-order valence-electron chi connectivity index (χ1n) is 8.85. The van der Waals surface area contributed by atoms with E-state index in [1.165, 1.54) is 5.69 Å². The fourth-order valence-corrected chi connectivity index (χ4v) is 3.18. The number of morpholine rings is 1. The summed E-state index contributed by atoms with van der Waals surface area (Å²) in [6.45, 7) is 4.82. The summed E-state index contributed by atoms with van der Waals surface area (Å²) in [5.74, 6) is 0.906. The van der Waals surface area contributed by atoms with Gasteiger partial charge in [-0.15, -0.1) is 0 Å². The van der Waals surface area contributed by atoms with E-state index in [2.05, 4.69) is 44.6 Å². The number of aromatic nitrogens is 3. The molecular weight excluding hydrogens is 330 g/mol. The number of benzene rings is 1. The number of ether oxygens (including phenoxy) is 2. The summed E-state index contributed by atoms with van der Waals surface area (Å²) in [6, 6.07) is 10.5. The maximum Gasteiger partial charge on any atom is 0.165 e. The van der Waals surface area contributed by atoms with Gasteiger partial charge < -0.3 is 19.7 Å². The van der Waals surface area contributed by atoms with E-state index in [0.29, 0.717) is 6.61 Å². The quantitative estimate of drug-likeness (QED) is 0.686. The first-order chi connectivity index (χ1) is 12.9. The molecule has 1 fully saturated rings. The Morgan fingerprint density at radius 2 is 1.96 bits per heavy atom. The molecule has 26 heavy (non-hydrogen) atoms. The molecule has 136 valence electrons. The van der Waals surface area contributed by atoms with Gasteiger partial charge in [0.05, 0.1) is 26.0 Å². The Bertz CT molecular complexity index is 856. The van der Waals surface area contributed by atoms with Gasteiger partial charge in [-0.2, -0.15) is 9.61 Å². The molecule has 0 unspecified atom stereocenters. The maximum atomic E-state index is 5.42. The number of nitrogens with one attached hydrogen (secondary N) is 1. The molecule has 0 bridgehead atoms. The number of rotatable bonds is 6. The van der Waals surface area contributed by atoms with Crippen molar-refractivity contribution in [1.29, 1.82) is 0 Å². The van der Waals surface area contributed by atoms with Gasteiger partial charge in [0.15, 0.2) is 5.65 Å². The standard InChI is InChI=1S/C19H23N5O2/c1-25-11-8-20-18-6-7-21-19-17(14-22-24(18)19)15-2-4-16(5-3-15)23-9-12-26-13-10-23/h2-7,14,20H,8-13H2,1H3. The number of nitrogens with zero attached hydrogens (tertiary/aromatic N) is 4. The predicted octanol–water partition coefficient (Wildman–Crippen LogP) is 2.29. The molecule has 7 heteroatoms.